The van der Waals surface area contributed by atoms with E-state index in [1.54, 1.807) is 0 Å². The molecule has 0 heterocycles. The van der Waals surface area contributed by atoms with E-state index in [0.717, 1.165) is 36.4 Å². The van der Waals surface area contributed by atoms with Gasteiger partial charge in [0, 0.05) is 18.4 Å². The summed E-state index contributed by atoms with van der Waals surface area (Å²) in [5.41, 5.74) is -1.32. The molecule has 3 aromatic rings. The van der Waals surface area contributed by atoms with Crippen molar-refractivity contribution in [1.29, 1.82) is 0 Å². The molecule has 9 nitrogen and oxygen atoms in total. The highest BCUT2D eigenvalue weighted by Gasteiger charge is 2.30. The zero-order valence-electron chi connectivity index (χ0n) is 18.8. The number of amides is 1. The molecule has 0 radical (unpaired) electrons. The van der Waals surface area contributed by atoms with E-state index in [4.69, 9.17) is 4.74 Å². The van der Waals surface area contributed by atoms with Gasteiger partial charge >= 0.3 is 6.18 Å². The van der Waals surface area contributed by atoms with Crippen molar-refractivity contribution in [3.63, 3.8) is 0 Å². The first-order valence-corrected chi connectivity index (χ1v) is 13.0. The number of carbonyl (C=O) groups excluding carboxylic acids is 1. The average molecular weight is 544 g/mol. The van der Waals surface area contributed by atoms with Gasteiger partial charge in [-0.1, -0.05) is 6.07 Å². The normalized spacial score (nSPS) is 12.0. The fraction of sp³-hybridized carbons (Fsp3) is 0.136. The minimum absolute atomic E-state index is 0.00494. The van der Waals surface area contributed by atoms with Gasteiger partial charge in [0.2, 0.25) is 0 Å². The Bertz CT molecular complexity index is 1490. The van der Waals surface area contributed by atoms with Crippen LogP contribution in [-0.2, 0) is 26.2 Å². The van der Waals surface area contributed by atoms with Gasteiger partial charge in [-0.3, -0.25) is 14.2 Å². The van der Waals surface area contributed by atoms with Crippen molar-refractivity contribution in [3.8, 4) is 5.75 Å². The molecule has 3 aromatic carbocycles. The first-order chi connectivity index (χ1) is 16.8. The summed E-state index contributed by atoms with van der Waals surface area (Å²) < 4.78 is 98.8. The van der Waals surface area contributed by atoms with E-state index < -0.39 is 37.7 Å². The first kappa shape index (κ1) is 26.8. The molecular weight excluding hydrogens is 523 g/mol. The Morgan fingerprint density at radius 3 is 1.97 bits per heavy atom. The standard InChI is InChI=1S/C22H20F3N3O6S2/c1-26-21(29)19-13-18(10-11-20(19)34-2)36(32,33)27-15-6-8-17(9-7-15)35(30,31)28-16-5-3-4-14(12-16)22(23,24)25/h3-13,27-28H,1-2H3,(H,26,29). The van der Waals surface area contributed by atoms with Gasteiger partial charge in [-0.25, -0.2) is 16.8 Å². The van der Waals surface area contributed by atoms with Gasteiger partial charge < -0.3 is 10.1 Å². The molecule has 0 saturated carbocycles. The van der Waals surface area contributed by atoms with Crippen molar-refractivity contribution in [1.82, 2.24) is 5.32 Å². The lowest BCUT2D eigenvalue weighted by molar-refractivity contribution is -0.137. The maximum absolute atomic E-state index is 12.9. The van der Waals surface area contributed by atoms with Crippen LogP contribution >= 0.6 is 0 Å². The number of sulfonamides is 2. The Kier molecular flexibility index (Phi) is 7.50. The first-order valence-electron chi connectivity index (χ1n) is 10.00. The summed E-state index contributed by atoms with van der Waals surface area (Å²) in [5.74, 6) is -0.400. The number of anilines is 2. The van der Waals surface area contributed by atoms with Crippen LogP contribution in [0.4, 0.5) is 24.5 Å². The van der Waals surface area contributed by atoms with Crippen LogP contribution in [0.1, 0.15) is 15.9 Å². The zero-order chi connectivity index (χ0) is 26.7. The Labute approximate surface area is 205 Å². The van der Waals surface area contributed by atoms with Gasteiger partial charge in [-0.15, -0.1) is 0 Å². The van der Waals surface area contributed by atoms with Crippen LogP contribution in [0.3, 0.4) is 0 Å². The van der Waals surface area contributed by atoms with Crippen molar-refractivity contribution >= 4 is 37.3 Å². The molecule has 192 valence electrons. The number of hydrogen-bond acceptors (Lipinski definition) is 6. The monoisotopic (exact) mass is 543 g/mol. The maximum Gasteiger partial charge on any atom is 0.416 e. The zero-order valence-corrected chi connectivity index (χ0v) is 20.4. The highest BCUT2D eigenvalue weighted by molar-refractivity contribution is 7.93. The van der Waals surface area contributed by atoms with Gasteiger partial charge in [-0.2, -0.15) is 13.2 Å². The number of methoxy groups -OCH3 is 1. The molecule has 0 spiro atoms. The lowest BCUT2D eigenvalue weighted by atomic mass is 10.2. The highest BCUT2D eigenvalue weighted by Crippen LogP contribution is 2.31. The molecular formula is C22H20F3N3O6S2. The maximum atomic E-state index is 12.9. The molecule has 0 atom stereocenters. The van der Waals surface area contributed by atoms with Crippen molar-refractivity contribution in [2.75, 3.05) is 23.6 Å². The average Bonchev–Trinajstić information content (AvgIpc) is 2.82. The molecule has 0 aliphatic carbocycles. The van der Waals surface area contributed by atoms with Crippen LogP contribution in [0.2, 0.25) is 0 Å². The van der Waals surface area contributed by atoms with Gasteiger partial charge in [0.15, 0.2) is 0 Å². The number of rotatable bonds is 8. The molecule has 0 unspecified atom stereocenters. The van der Waals surface area contributed by atoms with Crippen molar-refractivity contribution in [2.24, 2.45) is 0 Å². The molecule has 0 saturated heterocycles. The molecule has 0 aliphatic rings. The quantitative estimate of drug-likeness (QED) is 0.397. The van der Waals surface area contributed by atoms with Crippen molar-refractivity contribution < 1.29 is 39.5 Å². The molecule has 1 amide bonds. The lowest BCUT2D eigenvalue weighted by Crippen LogP contribution is -2.20. The number of carbonyl (C=O) groups is 1. The molecule has 0 bridgehead atoms. The fourth-order valence-corrected chi connectivity index (χ4v) is 5.19. The third-order valence-corrected chi connectivity index (χ3v) is 7.59. The molecule has 0 fully saturated rings. The number of halogens is 3. The second-order valence-corrected chi connectivity index (χ2v) is 10.6. The molecule has 14 heteroatoms. The Balaban J connectivity index is 1.81. The van der Waals surface area contributed by atoms with Gasteiger partial charge in [0.05, 0.1) is 28.0 Å². The van der Waals surface area contributed by atoms with E-state index in [9.17, 15) is 34.8 Å². The van der Waals surface area contributed by atoms with Crippen molar-refractivity contribution in [3.05, 3.63) is 77.9 Å². The topological polar surface area (TPSA) is 131 Å². The van der Waals surface area contributed by atoms with Crippen LogP contribution < -0.4 is 19.5 Å². The molecule has 3 rings (SSSR count). The van der Waals surface area contributed by atoms with Crippen LogP contribution in [0.5, 0.6) is 5.75 Å². The Hall–Kier alpha value is -3.78. The third kappa shape index (κ3) is 6.07. The van der Waals surface area contributed by atoms with Crippen LogP contribution in [0, 0.1) is 0 Å². The number of nitrogens with one attached hydrogen (secondary N) is 3. The number of hydrogen-bond donors (Lipinski definition) is 3. The second-order valence-electron chi connectivity index (χ2n) is 7.26. The predicted octanol–water partition coefficient (Wildman–Crippen LogP) is 3.68. The predicted molar refractivity (Wildman–Crippen MR) is 126 cm³/mol. The Morgan fingerprint density at radius 2 is 1.39 bits per heavy atom. The summed E-state index contributed by atoms with van der Waals surface area (Å²) in [6.45, 7) is 0. The smallest absolute Gasteiger partial charge is 0.416 e. The van der Waals surface area contributed by atoms with Crippen molar-refractivity contribution in [2.45, 2.75) is 16.0 Å². The number of ether oxygens (including phenoxy) is 1. The van der Waals surface area contributed by atoms with Gasteiger partial charge in [0.1, 0.15) is 5.75 Å². The van der Waals surface area contributed by atoms with Crippen LogP contribution in [0.15, 0.2) is 76.5 Å². The highest BCUT2D eigenvalue weighted by atomic mass is 32.2. The summed E-state index contributed by atoms with van der Waals surface area (Å²) in [4.78, 5) is 11.5. The molecule has 0 aromatic heterocycles. The van der Waals surface area contributed by atoms with E-state index in [2.05, 4.69) is 14.8 Å². The molecule has 0 aliphatic heterocycles. The van der Waals surface area contributed by atoms with Gasteiger partial charge in [-0.05, 0) is 60.7 Å². The summed E-state index contributed by atoms with van der Waals surface area (Å²) in [7, 11) is -5.74. The van der Waals surface area contributed by atoms with E-state index in [1.807, 2.05) is 0 Å². The third-order valence-electron chi connectivity index (χ3n) is 4.81. The van der Waals surface area contributed by atoms with E-state index >= 15 is 0 Å². The number of benzene rings is 3. The van der Waals surface area contributed by atoms with Crippen LogP contribution in [0.25, 0.3) is 0 Å². The SMILES string of the molecule is CNC(=O)c1cc(S(=O)(=O)Nc2ccc(S(=O)(=O)Nc3cccc(C(F)(F)F)c3)cc2)ccc1OC. The second kappa shape index (κ2) is 10.1. The summed E-state index contributed by atoms with van der Waals surface area (Å²) in [6, 6.07) is 11.8. The van der Waals surface area contributed by atoms with E-state index in [1.165, 1.54) is 38.4 Å². The largest absolute Gasteiger partial charge is 0.496 e. The summed E-state index contributed by atoms with van der Waals surface area (Å²) >= 11 is 0. The summed E-state index contributed by atoms with van der Waals surface area (Å²) in [6.07, 6.45) is -4.65. The van der Waals surface area contributed by atoms with E-state index in [0.29, 0.717) is 6.07 Å². The molecule has 3 N–H and O–H groups in total. The van der Waals surface area contributed by atoms with Gasteiger partial charge in [0.25, 0.3) is 26.0 Å². The van der Waals surface area contributed by atoms with E-state index in [-0.39, 0.29) is 32.5 Å². The number of alkyl halides is 3. The minimum Gasteiger partial charge on any atom is -0.496 e. The minimum atomic E-state index is -4.65. The Morgan fingerprint density at radius 1 is 0.806 bits per heavy atom. The molecule has 36 heavy (non-hydrogen) atoms. The summed E-state index contributed by atoms with van der Waals surface area (Å²) in [5, 5.41) is 2.38. The van der Waals surface area contributed by atoms with Crippen LogP contribution in [-0.4, -0.2) is 36.9 Å². The fourth-order valence-electron chi connectivity index (χ4n) is 3.06. The lowest BCUT2D eigenvalue weighted by Gasteiger charge is -2.13.